The van der Waals surface area contributed by atoms with Crippen LogP contribution >= 0.6 is 53.2 Å². The van der Waals surface area contributed by atoms with E-state index >= 15 is 0 Å². The van der Waals surface area contributed by atoms with E-state index in [0.717, 1.165) is 5.82 Å². The SMILES string of the molecule is B[C@@H]1O[C@H](/C=C/P(=O)(O)O)[C@@H](OI)[C@H]1I. The predicted molar refractivity (Wildman–Crippen MR) is 75.1 cm³/mol. The summed E-state index contributed by atoms with van der Waals surface area (Å²) >= 11 is 3.99. The second-order valence-electron chi connectivity index (χ2n) is 3.23. The Bertz CT molecular complexity index is 295. The monoisotopic (exact) mass is 458 g/mol. The summed E-state index contributed by atoms with van der Waals surface area (Å²) < 4.78 is 21.5. The molecule has 0 aromatic rings. The Morgan fingerprint density at radius 2 is 2.13 bits per heavy atom. The average molecular weight is 458 g/mol. The van der Waals surface area contributed by atoms with Crippen LogP contribution in [0.5, 0.6) is 0 Å². The van der Waals surface area contributed by atoms with E-state index in [0.29, 0.717) is 0 Å². The van der Waals surface area contributed by atoms with Crippen molar-refractivity contribution in [2.24, 2.45) is 0 Å². The number of hydrogen-bond acceptors (Lipinski definition) is 3. The molecule has 0 aromatic carbocycles. The highest BCUT2D eigenvalue weighted by atomic mass is 127. The second kappa shape index (κ2) is 5.79. The number of hydrogen-bond donors (Lipinski definition) is 2. The van der Waals surface area contributed by atoms with Gasteiger partial charge in [0.15, 0.2) is 0 Å². The minimum Gasteiger partial charge on any atom is -0.376 e. The Morgan fingerprint density at radius 1 is 1.53 bits per heavy atom. The summed E-state index contributed by atoms with van der Waals surface area (Å²) in [5, 5.41) is 0. The number of ether oxygens (including phenoxy) is 1. The lowest BCUT2D eigenvalue weighted by atomic mass is 9.96. The van der Waals surface area contributed by atoms with Crippen LogP contribution in [-0.2, 0) is 12.4 Å². The van der Waals surface area contributed by atoms with Gasteiger partial charge in [-0.05, 0) is 6.08 Å². The molecule has 1 saturated heterocycles. The van der Waals surface area contributed by atoms with Crippen molar-refractivity contribution >= 4 is 61.0 Å². The minimum absolute atomic E-state index is 0.0109. The Labute approximate surface area is 116 Å². The molecule has 4 atom stereocenters. The lowest BCUT2D eigenvalue weighted by molar-refractivity contribution is 0.0895. The summed E-state index contributed by atoms with van der Waals surface area (Å²) in [4.78, 5) is 17.4. The summed E-state index contributed by atoms with van der Waals surface area (Å²) in [6, 6.07) is 0.0109. The van der Waals surface area contributed by atoms with Crippen LogP contribution in [-0.4, -0.2) is 39.8 Å². The fraction of sp³-hybridized carbons (Fsp3) is 0.667. The van der Waals surface area contributed by atoms with Crippen molar-refractivity contribution in [3.8, 4) is 0 Å². The molecule has 86 valence electrons. The quantitative estimate of drug-likeness (QED) is 0.281. The van der Waals surface area contributed by atoms with Gasteiger partial charge in [-0.25, -0.2) is 0 Å². The highest BCUT2D eigenvalue weighted by molar-refractivity contribution is 14.1. The maximum absolute atomic E-state index is 10.7. The lowest BCUT2D eigenvalue weighted by Crippen LogP contribution is -2.27. The summed E-state index contributed by atoms with van der Waals surface area (Å²) in [5.41, 5.74) is 0. The molecule has 1 heterocycles. The lowest BCUT2D eigenvalue weighted by Gasteiger charge is -2.13. The highest BCUT2D eigenvalue weighted by Crippen LogP contribution is 2.38. The molecular formula is C6H10BI2O5P. The fourth-order valence-electron chi connectivity index (χ4n) is 1.30. The second-order valence-corrected chi connectivity index (χ2v) is 6.66. The van der Waals surface area contributed by atoms with E-state index in [1.165, 1.54) is 6.08 Å². The van der Waals surface area contributed by atoms with Crippen LogP contribution in [0.4, 0.5) is 0 Å². The zero-order valence-corrected chi connectivity index (χ0v) is 13.0. The molecule has 5 nitrogen and oxygen atoms in total. The molecule has 0 aromatic heterocycles. The molecule has 1 aliphatic rings. The maximum atomic E-state index is 10.7. The molecular weight excluding hydrogens is 448 g/mol. The molecule has 1 aliphatic heterocycles. The highest BCUT2D eigenvalue weighted by Gasteiger charge is 2.40. The maximum Gasteiger partial charge on any atom is 0.348 e. The van der Waals surface area contributed by atoms with Crippen molar-refractivity contribution in [2.75, 3.05) is 0 Å². The van der Waals surface area contributed by atoms with Crippen LogP contribution in [0.3, 0.4) is 0 Å². The van der Waals surface area contributed by atoms with Gasteiger partial charge in [-0.15, -0.1) is 0 Å². The van der Waals surface area contributed by atoms with Gasteiger partial charge in [-0.2, -0.15) is 0 Å². The van der Waals surface area contributed by atoms with E-state index in [2.05, 4.69) is 22.6 Å². The van der Waals surface area contributed by atoms with E-state index in [4.69, 9.17) is 17.6 Å². The van der Waals surface area contributed by atoms with Crippen LogP contribution in [0.25, 0.3) is 0 Å². The van der Waals surface area contributed by atoms with Gasteiger partial charge >= 0.3 is 7.60 Å². The van der Waals surface area contributed by atoms with Crippen LogP contribution in [0.2, 0.25) is 0 Å². The predicted octanol–water partition coefficient (Wildman–Crippen LogP) is 0.575. The molecule has 0 amide bonds. The fourth-order valence-corrected chi connectivity index (χ4v) is 3.59. The molecule has 0 unspecified atom stereocenters. The molecule has 0 saturated carbocycles. The molecule has 0 spiro atoms. The van der Waals surface area contributed by atoms with Gasteiger partial charge < -0.3 is 17.6 Å². The van der Waals surface area contributed by atoms with Gasteiger partial charge in [0.05, 0.1) is 3.92 Å². The third-order valence-corrected chi connectivity index (χ3v) is 4.90. The Morgan fingerprint density at radius 3 is 2.60 bits per heavy atom. The van der Waals surface area contributed by atoms with E-state index in [9.17, 15) is 4.57 Å². The van der Waals surface area contributed by atoms with Gasteiger partial charge in [0, 0.05) is 11.8 Å². The zero-order chi connectivity index (χ0) is 11.6. The number of rotatable bonds is 3. The molecule has 1 rings (SSSR count). The number of alkyl halides is 1. The smallest absolute Gasteiger partial charge is 0.348 e. The van der Waals surface area contributed by atoms with Crippen LogP contribution < -0.4 is 0 Å². The Kier molecular flexibility index (Phi) is 5.55. The third kappa shape index (κ3) is 4.25. The largest absolute Gasteiger partial charge is 0.376 e. The van der Waals surface area contributed by atoms with Crippen LogP contribution in [0, 0.1) is 0 Å². The molecule has 1 fully saturated rings. The standard InChI is InChI=1S/C6H10BI2O5P/c7-6-4(8)5(14-9)3(13-6)1-2-15(10,11)12/h1-6H,7H2,(H2,10,11,12)/b2-1+/t3-,4-,5-,6-/m1/s1. The Balaban J connectivity index is 2.71. The van der Waals surface area contributed by atoms with E-state index in [1.54, 1.807) is 23.0 Å². The molecule has 0 aliphatic carbocycles. The summed E-state index contributed by atoms with van der Waals surface area (Å²) in [5.74, 6) is 0.863. The molecule has 0 bridgehead atoms. The Hall–Kier alpha value is 1.33. The van der Waals surface area contributed by atoms with E-state index < -0.39 is 13.7 Å². The normalized spacial score (nSPS) is 37.6. The van der Waals surface area contributed by atoms with Gasteiger partial charge in [0.25, 0.3) is 0 Å². The summed E-state index contributed by atoms with van der Waals surface area (Å²) in [6.07, 6.45) is 0.801. The average Bonchev–Trinajstić information content (AvgIpc) is 2.38. The van der Waals surface area contributed by atoms with Gasteiger partial charge in [-0.1, -0.05) is 22.6 Å². The molecule has 2 N–H and O–H groups in total. The van der Waals surface area contributed by atoms with E-state index in [-0.39, 0.29) is 16.0 Å². The van der Waals surface area contributed by atoms with Crippen molar-refractivity contribution < 1.29 is 22.2 Å². The van der Waals surface area contributed by atoms with Crippen LogP contribution in [0.1, 0.15) is 0 Å². The van der Waals surface area contributed by atoms with Gasteiger partial charge in [0.1, 0.15) is 43.1 Å². The van der Waals surface area contributed by atoms with Gasteiger partial charge in [0.2, 0.25) is 0 Å². The summed E-state index contributed by atoms with van der Waals surface area (Å²) in [6.45, 7) is 0. The van der Waals surface area contributed by atoms with E-state index in [1.807, 2.05) is 7.85 Å². The van der Waals surface area contributed by atoms with Crippen molar-refractivity contribution in [1.82, 2.24) is 0 Å². The zero-order valence-electron chi connectivity index (χ0n) is 7.79. The summed E-state index contributed by atoms with van der Waals surface area (Å²) in [7, 11) is -2.21. The topological polar surface area (TPSA) is 76.0 Å². The van der Waals surface area contributed by atoms with Crippen molar-refractivity contribution in [3.05, 3.63) is 11.9 Å². The third-order valence-electron chi connectivity index (χ3n) is 2.03. The first-order valence-corrected chi connectivity index (χ1v) is 7.97. The number of halogens is 2. The minimum atomic E-state index is -4.12. The van der Waals surface area contributed by atoms with Crippen LogP contribution in [0.15, 0.2) is 11.9 Å². The molecule has 9 heteroatoms. The van der Waals surface area contributed by atoms with Gasteiger partial charge in [-0.3, -0.25) is 4.57 Å². The first-order valence-electron chi connectivity index (χ1n) is 4.16. The molecule has 15 heavy (non-hydrogen) atoms. The first kappa shape index (κ1) is 14.4. The molecule has 0 radical (unpaired) electrons. The van der Waals surface area contributed by atoms with Crippen molar-refractivity contribution in [2.45, 2.75) is 22.1 Å². The van der Waals surface area contributed by atoms with Crippen molar-refractivity contribution in [1.29, 1.82) is 0 Å². The van der Waals surface area contributed by atoms with Crippen molar-refractivity contribution in [3.63, 3.8) is 0 Å². The first-order chi connectivity index (χ1) is 6.85.